The summed E-state index contributed by atoms with van der Waals surface area (Å²) >= 11 is 5.81. The molecule has 20 heavy (non-hydrogen) atoms. The van der Waals surface area contributed by atoms with E-state index in [1.165, 1.54) is 6.07 Å². The summed E-state index contributed by atoms with van der Waals surface area (Å²) < 4.78 is 13.2. The largest absolute Gasteiger partial charge is 0.389 e. The van der Waals surface area contributed by atoms with Crippen LogP contribution in [0.4, 0.5) is 4.39 Å². The summed E-state index contributed by atoms with van der Waals surface area (Å²) in [6.07, 6.45) is 4.26. The zero-order valence-electron chi connectivity index (χ0n) is 12.0. The van der Waals surface area contributed by atoms with Crippen LogP contribution in [0.5, 0.6) is 0 Å². The molecule has 1 N–H and O–H groups in total. The summed E-state index contributed by atoms with van der Waals surface area (Å²) in [5, 5.41) is 10.9. The van der Waals surface area contributed by atoms with Crippen LogP contribution >= 0.6 is 11.6 Å². The first-order chi connectivity index (χ1) is 9.52. The van der Waals surface area contributed by atoms with Crippen molar-refractivity contribution in [3.8, 4) is 0 Å². The lowest BCUT2D eigenvalue weighted by Crippen LogP contribution is -2.33. The van der Waals surface area contributed by atoms with Crippen molar-refractivity contribution in [2.24, 2.45) is 0 Å². The fraction of sp³-hybridized carbons (Fsp3) is 0.625. The zero-order chi connectivity index (χ0) is 14.6. The molecular weight excluding hydrogens is 277 g/mol. The Kier molecular flexibility index (Phi) is 5.42. The van der Waals surface area contributed by atoms with Crippen molar-refractivity contribution in [1.82, 2.24) is 4.90 Å². The van der Waals surface area contributed by atoms with Gasteiger partial charge in [-0.05, 0) is 56.5 Å². The molecule has 1 aromatic rings. The number of hydrogen-bond donors (Lipinski definition) is 1. The highest BCUT2D eigenvalue weighted by molar-refractivity contribution is 6.30. The summed E-state index contributed by atoms with van der Waals surface area (Å²) in [7, 11) is 0. The van der Waals surface area contributed by atoms with Crippen LogP contribution < -0.4 is 0 Å². The quantitative estimate of drug-likeness (QED) is 0.917. The Bertz CT molecular complexity index is 454. The number of benzene rings is 1. The maximum absolute atomic E-state index is 13.2. The van der Waals surface area contributed by atoms with Crippen molar-refractivity contribution >= 4 is 11.6 Å². The Labute approximate surface area is 125 Å². The first kappa shape index (κ1) is 15.7. The van der Waals surface area contributed by atoms with Gasteiger partial charge in [0.2, 0.25) is 0 Å². The third-order valence-corrected chi connectivity index (χ3v) is 4.36. The molecule has 1 aliphatic rings. The van der Waals surface area contributed by atoms with Crippen LogP contribution in [0.3, 0.4) is 0 Å². The topological polar surface area (TPSA) is 23.5 Å². The molecule has 1 atom stereocenters. The number of aliphatic hydroxyl groups is 1. The molecule has 2 nitrogen and oxygen atoms in total. The normalized spacial score (nSPS) is 24.6. The predicted octanol–water partition coefficient (Wildman–Crippen LogP) is 3.65. The highest BCUT2D eigenvalue weighted by atomic mass is 35.5. The second-order valence-corrected chi connectivity index (χ2v) is 6.25. The maximum Gasteiger partial charge on any atom is 0.141 e. The Morgan fingerprint density at radius 1 is 1.35 bits per heavy atom. The van der Waals surface area contributed by atoms with Gasteiger partial charge < -0.3 is 10.0 Å². The standard InChI is InChI=1S/C16H23ClFNO/c1-2-8-19-9-3-6-16(20,7-10-19)12-13-4-5-15(18)14(17)11-13/h4-5,11,20H,2-3,6-10,12H2,1H3. The highest BCUT2D eigenvalue weighted by Gasteiger charge is 2.30. The van der Waals surface area contributed by atoms with E-state index in [0.29, 0.717) is 6.42 Å². The van der Waals surface area contributed by atoms with Crippen LogP contribution in [0.15, 0.2) is 18.2 Å². The average Bonchev–Trinajstić information content (AvgIpc) is 2.57. The minimum absolute atomic E-state index is 0.132. The zero-order valence-corrected chi connectivity index (χ0v) is 12.8. The van der Waals surface area contributed by atoms with E-state index in [1.54, 1.807) is 12.1 Å². The summed E-state index contributed by atoms with van der Waals surface area (Å²) in [5.74, 6) is -0.405. The molecule has 1 heterocycles. The number of halogens is 2. The van der Waals surface area contributed by atoms with Gasteiger partial charge in [0, 0.05) is 13.0 Å². The molecule has 4 heteroatoms. The van der Waals surface area contributed by atoms with Crippen LogP contribution in [0.2, 0.25) is 5.02 Å². The van der Waals surface area contributed by atoms with E-state index in [1.807, 2.05) is 0 Å². The molecule has 1 aromatic carbocycles. The Morgan fingerprint density at radius 2 is 2.15 bits per heavy atom. The van der Waals surface area contributed by atoms with Gasteiger partial charge in [-0.15, -0.1) is 0 Å². The van der Waals surface area contributed by atoms with E-state index in [2.05, 4.69) is 11.8 Å². The fourth-order valence-corrected chi connectivity index (χ4v) is 3.18. The molecule has 0 bridgehead atoms. The first-order valence-electron chi connectivity index (χ1n) is 7.41. The van der Waals surface area contributed by atoms with Gasteiger partial charge >= 0.3 is 0 Å². The molecule has 0 aliphatic carbocycles. The molecule has 1 aliphatic heterocycles. The molecule has 0 amide bonds. The molecule has 0 saturated carbocycles. The Morgan fingerprint density at radius 3 is 2.85 bits per heavy atom. The molecule has 0 aromatic heterocycles. The summed E-state index contributed by atoms with van der Waals surface area (Å²) in [6.45, 7) is 5.26. The van der Waals surface area contributed by atoms with Crippen molar-refractivity contribution in [2.45, 2.75) is 44.6 Å². The van der Waals surface area contributed by atoms with Crippen LogP contribution in [-0.2, 0) is 6.42 Å². The lowest BCUT2D eigenvalue weighted by molar-refractivity contribution is 0.0257. The molecule has 0 radical (unpaired) electrons. The minimum atomic E-state index is -0.691. The van der Waals surface area contributed by atoms with Gasteiger partial charge in [0.05, 0.1) is 10.6 Å². The van der Waals surface area contributed by atoms with Crippen molar-refractivity contribution in [3.05, 3.63) is 34.6 Å². The molecule has 1 fully saturated rings. The third-order valence-electron chi connectivity index (χ3n) is 4.07. The molecule has 0 spiro atoms. The molecule has 1 saturated heterocycles. The van der Waals surface area contributed by atoms with Crippen molar-refractivity contribution < 1.29 is 9.50 Å². The number of nitrogens with zero attached hydrogens (tertiary/aromatic N) is 1. The molecule has 2 rings (SSSR count). The van der Waals surface area contributed by atoms with Crippen LogP contribution in [-0.4, -0.2) is 35.2 Å². The van der Waals surface area contributed by atoms with E-state index in [4.69, 9.17) is 11.6 Å². The van der Waals surface area contributed by atoms with E-state index in [-0.39, 0.29) is 5.02 Å². The van der Waals surface area contributed by atoms with E-state index < -0.39 is 11.4 Å². The van der Waals surface area contributed by atoms with Gasteiger partial charge in [-0.25, -0.2) is 4.39 Å². The van der Waals surface area contributed by atoms with Gasteiger partial charge in [-0.3, -0.25) is 0 Å². The monoisotopic (exact) mass is 299 g/mol. The van der Waals surface area contributed by atoms with Crippen LogP contribution in [0, 0.1) is 5.82 Å². The lowest BCUT2D eigenvalue weighted by atomic mass is 9.88. The number of rotatable bonds is 4. The van der Waals surface area contributed by atoms with Crippen LogP contribution in [0.1, 0.15) is 38.2 Å². The maximum atomic E-state index is 13.2. The molecule has 1 unspecified atom stereocenters. The third kappa shape index (κ3) is 4.18. The van der Waals surface area contributed by atoms with Crippen molar-refractivity contribution in [3.63, 3.8) is 0 Å². The fourth-order valence-electron chi connectivity index (χ4n) is 2.98. The Balaban J connectivity index is 2.01. The van der Waals surface area contributed by atoms with Gasteiger partial charge in [0.15, 0.2) is 0 Å². The second-order valence-electron chi connectivity index (χ2n) is 5.84. The van der Waals surface area contributed by atoms with Gasteiger partial charge in [0.1, 0.15) is 5.82 Å². The van der Waals surface area contributed by atoms with E-state index in [9.17, 15) is 9.50 Å². The van der Waals surface area contributed by atoms with E-state index in [0.717, 1.165) is 50.9 Å². The lowest BCUT2D eigenvalue weighted by Gasteiger charge is -2.27. The van der Waals surface area contributed by atoms with Gasteiger partial charge in [-0.1, -0.05) is 24.6 Å². The summed E-state index contributed by atoms with van der Waals surface area (Å²) in [4.78, 5) is 2.41. The van der Waals surface area contributed by atoms with Crippen LogP contribution in [0.25, 0.3) is 0 Å². The van der Waals surface area contributed by atoms with Gasteiger partial charge in [-0.2, -0.15) is 0 Å². The summed E-state index contributed by atoms with van der Waals surface area (Å²) in [6, 6.07) is 4.72. The van der Waals surface area contributed by atoms with Gasteiger partial charge in [0.25, 0.3) is 0 Å². The molecular formula is C16H23ClFNO. The Hall–Kier alpha value is -0.640. The number of hydrogen-bond acceptors (Lipinski definition) is 2. The predicted molar refractivity (Wildman–Crippen MR) is 80.6 cm³/mol. The molecule has 112 valence electrons. The highest BCUT2D eigenvalue weighted by Crippen LogP contribution is 2.28. The minimum Gasteiger partial charge on any atom is -0.389 e. The SMILES string of the molecule is CCCN1CCCC(O)(Cc2ccc(F)c(Cl)c2)CC1. The van der Waals surface area contributed by atoms with Crippen molar-refractivity contribution in [2.75, 3.05) is 19.6 Å². The average molecular weight is 300 g/mol. The van der Waals surface area contributed by atoms with E-state index >= 15 is 0 Å². The first-order valence-corrected chi connectivity index (χ1v) is 7.79. The van der Waals surface area contributed by atoms with Crippen molar-refractivity contribution in [1.29, 1.82) is 0 Å². The summed E-state index contributed by atoms with van der Waals surface area (Å²) in [5.41, 5.74) is 0.215. The smallest absolute Gasteiger partial charge is 0.141 e. The number of likely N-dealkylation sites (tertiary alicyclic amines) is 1. The second kappa shape index (κ2) is 6.88.